The Morgan fingerprint density at radius 3 is 1.88 bits per heavy atom. The maximum Gasteiger partial charge on any atom is 0.0478 e. The SMILES string of the molecule is CCC1(C)CC1(C)Cl. The third-order valence-corrected chi connectivity index (χ3v) is 3.23. The van der Waals surface area contributed by atoms with E-state index in [1.54, 1.807) is 0 Å². The smallest absolute Gasteiger partial charge is 0.0478 e. The minimum Gasteiger partial charge on any atom is -0.119 e. The zero-order valence-electron chi connectivity index (χ0n) is 5.79. The third kappa shape index (κ3) is 0.663. The van der Waals surface area contributed by atoms with Gasteiger partial charge in [0.15, 0.2) is 0 Å². The van der Waals surface area contributed by atoms with Crippen LogP contribution in [0.5, 0.6) is 0 Å². The lowest BCUT2D eigenvalue weighted by molar-refractivity contribution is 0.515. The maximum absolute atomic E-state index is 6.05. The summed E-state index contributed by atoms with van der Waals surface area (Å²) in [7, 11) is 0. The van der Waals surface area contributed by atoms with Crippen molar-refractivity contribution in [2.75, 3.05) is 0 Å². The molecule has 1 aliphatic carbocycles. The molecule has 0 radical (unpaired) electrons. The van der Waals surface area contributed by atoms with Crippen LogP contribution >= 0.6 is 11.6 Å². The summed E-state index contributed by atoms with van der Waals surface area (Å²) in [5.41, 5.74) is 0.453. The van der Waals surface area contributed by atoms with Gasteiger partial charge < -0.3 is 0 Å². The highest BCUT2D eigenvalue weighted by Crippen LogP contribution is 2.62. The largest absolute Gasteiger partial charge is 0.119 e. The van der Waals surface area contributed by atoms with Crippen molar-refractivity contribution in [1.29, 1.82) is 0 Å². The molecule has 1 saturated carbocycles. The normalized spacial score (nSPS) is 54.0. The fraction of sp³-hybridized carbons (Fsp3) is 1.00. The molecular formula is C7H13Cl. The van der Waals surface area contributed by atoms with E-state index >= 15 is 0 Å². The Morgan fingerprint density at radius 2 is 1.88 bits per heavy atom. The molecule has 0 aliphatic heterocycles. The Labute approximate surface area is 56.2 Å². The summed E-state index contributed by atoms with van der Waals surface area (Å²) >= 11 is 6.05. The number of alkyl halides is 1. The first-order chi connectivity index (χ1) is 3.52. The van der Waals surface area contributed by atoms with Crippen molar-refractivity contribution < 1.29 is 0 Å². The maximum atomic E-state index is 6.05. The average Bonchev–Trinajstić information content (AvgIpc) is 2.10. The number of hydrogen-bond acceptors (Lipinski definition) is 0. The van der Waals surface area contributed by atoms with Gasteiger partial charge in [0.05, 0.1) is 0 Å². The summed E-state index contributed by atoms with van der Waals surface area (Å²) in [5.74, 6) is 0. The van der Waals surface area contributed by atoms with E-state index < -0.39 is 0 Å². The minimum absolute atomic E-state index is 0.127. The van der Waals surface area contributed by atoms with Gasteiger partial charge in [-0.3, -0.25) is 0 Å². The molecule has 0 aromatic carbocycles. The van der Waals surface area contributed by atoms with Gasteiger partial charge in [-0.1, -0.05) is 13.8 Å². The highest BCUT2D eigenvalue weighted by Gasteiger charge is 2.58. The number of hydrogen-bond donors (Lipinski definition) is 0. The van der Waals surface area contributed by atoms with Crippen LogP contribution in [0.15, 0.2) is 0 Å². The first kappa shape index (κ1) is 6.41. The van der Waals surface area contributed by atoms with Crippen LogP contribution in [-0.4, -0.2) is 4.87 Å². The molecule has 2 unspecified atom stereocenters. The molecule has 48 valence electrons. The Balaban J connectivity index is 2.55. The van der Waals surface area contributed by atoms with Crippen molar-refractivity contribution in [3.05, 3.63) is 0 Å². The number of halogens is 1. The van der Waals surface area contributed by atoms with E-state index in [1.807, 2.05) is 0 Å². The van der Waals surface area contributed by atoms with Gasteiger partial charge in [0.1, 0.15) is 0 Å². The van der Waals surface area contributed by atoms with Crippen LogP contribution in [0.2, 0.25) is 0 Å². The van der Waals surface area contributed by atoms with E-state index in [0.29, 0.717) is 5.41 Å². The molecule has 0 saturated heterocycles. The Morgan fingerprint density at radius 1 is 1.50 bits per heavy atom. The summed E-state index contributed by atoms with van der Waals surface area (Å²) in [6.45, 7) is 6.58. The Kier molecular flexibility index (Phi) is 1.13. The monoisotopic (exact) mass is 132 g/mol. The zero-order chi connectivity index (χ0) is 6.41. The van der Waals surface area contributed by atoms with E-state index in [4.69, 9.17) is 11.6 Å². The molecule has 1 heteroatoms. The van der Waals surface area contributed by atoms with Crippen molar-refractivity contribution in [3.63, 3.8) is 0 Å². The standard InChI is InChI=1S/C7H13Cl/c1-4-6(2)5-7(6,3)8/h4-5H2,1-3H3. The highest BCUT2D eigenvalue weighted by molar-refractivity contribution is 6.26. The molecule has 1 rings (SSSR count). The van der Waals surface area contributed by atoms with Gasteiger partial charge in [-0.2, -0.15) is 0 Å². The first-order valence-corrected chi connectivity index (χ1v) is 3.58. The molecule has 2 atom stereocenters. The van der Waals surface area contributed by atoms with Gasteiger partial charge in [-0.05, 0) is 25.2 Å². The van der Waals surface area contributed by atoms with E-state index in [-0.39, 0.29) is 4.87 Å². The molecule has 0 aromatic rings. The van der Waals surface area contributed by atoms with Crippen LogP contribution in [0, 0.1) is 5.41 Å². The second kappa shape index (κ2) is 1.41. The average molecular weight is 133 g/mol. The van der Waals surface area contributed by atoms with Crippen molar-refractivity contribution in [2.24, 2.45) is 5.41 Å². The molecular weight excluding hydrogens is 120 g/mol. The minimum atomic E-state index is 0.127. The summed E-state index contributed by atoms with van der Waals surface area (Å²) in [6, 6.07) is 0. The predicted octanol–water partition coefficient (Wildman–Crippen LogP) is 2.80. The van der Waals surface area contributed by atoms with Crippen LogP contribution in [0.1, 0.15) is 33.6 Å². The van der Waals surface area contributed by atoms with Gasteiger partial charge in [0, 0.05) is 4.87 Å². The summed E-state index contributed by atoms with van der Waals surface area (Å²) < 4.78 is 0. The molecule has 0 bridgehead atoms. The van der Waals surface area contributed by atoms with Crippen LogP contribution < -0.4 is 0 Å². The first-order valence-electron chi connectivity index (χ1n) is 3.21. The fourth-order valence-corrected chi connectivity index (χ4v) is 1.61. The van der Waals surface area contributed by atoms with Gasteiger partial charge >= 0.3 is 0 Å². The Hall–Kier alpha value is 0.290. The van der Waals surface area contributed by atoms with Crippen LogP contribution in [-0.2, 0) is 0 Å². The molecule has 1 aliphatic rings. The van der Waals surface area contributed by atoms with Crippen molar-refractivity contribution in [1.82, 2.24) is 0 Å². The van der Waals surface area contributed by atoms with Crippen molar-refractivity contribution in [2.45, 2.75) is 38.5 Å². The van der Waals surface area contributed by atoms with Gasteiger partial charge in [0.2, 0.25) is 0 Å². The predicted molar refractivity (Wildman–Crippen MR) is 37.3 cm³/mol. The molecule has 0 amide bonds. The highest BCUT2D eigenvalue weighted by atomic mass is 35.5. The summed E-state index contributed by atoms with van der Waals surface area (Å²) in [6.07, 6.45) is 2.41. The number of rotatable bonds is 1. The van der Waals surface area contributed by atoms with Crippen molar-refractivity contribution in [3.8, 4) is 0 Å². The van der Waals surface area contributed by atoms with Gasteiger partial charge in [0.25, 0.3) is 0 Å². The lowest BCUT2D eigenvalue weighted by atomic mass is 10.0. The van der Waals surface area contributed by atoms with Crippen LogP contribution in [0.25, 0.3) is 0 Å². The lowest BCUT2D eigenvalue weighted by Crippen LogP contribution is -2.03. The summed E-state index contributed by atoms with van der Waals surface area (Å²) in [5, 5.41) is 0. The quantitative estimate of drug-likeness (QED) is 0.482. The Bertz CT molecular complexity index is 107. The van der Waals surface area contributed by atoms with E-state index in [9.17, 15) is 0 Å². The second-order valence-electron chi connectivity index (χ2n) is 3.29. The lowest BCUT2D eigenvalue weighted by Gasteiger charge is -2.07. The molecule has 0 aromatic heterocycles. The summed E-state index contributed by atoms with van der Waals surface area (Å²) in [4.78, 5) is 0.127. The van der Waals surface area contributed by atoms with Crippen LogP contribution in [0.4, 0.5) is 0 Å². The van der Waals surface area contributed by atoms with E-state index in [0.717, 1.165) is 0 Å². The molecule has 0 nitrogen and oxygen atoms in total. The van der Waals surface area contributed by atoms with Crippen molar-refractivity contribution >= 4 is 11.6 Å². The zero-order valence-corrected chi connectivity index (χ0v) is 6.55. The van der Waals surface area contributed by atoms with E-state index in [1.165, 1.54) is 12.8 Å². The molecule has 0 spiro atoms. The third-order valence-electron chi connectivity index (χ3n) is 2.64. The van der Waals surface area contributed by atoms with Gasteiger partial charge in [-0.25, -0.2) is 0 Å². The molecule has 8 heavy (non-hydrogen) atoms. The second-order valence-corrected chi connectivity index (χ2v) is 4.12. The molecule has 0 heterocycles. The van der Waals surface area contributed by atoms with Gasteiger partial charge in [-0.15, -0.1) is 11.6 Å². The molecule has 1 fully saturated rings. The molecule has 0 N–H and O–H groups in total. The topological polar surface area (TPSA) is 0 Å². The van der Waals surface area contributed by atoms with E-state index in [2.05, 4.69) is 20.8 Å². The fourth-order valence-electron chi connectivity index (χ4n) is 1.18. The van der Waals surface area contributed by atoms with Crippen LogP contribution in [0.3, 0.4) is 0 Å².